The first-order valence-corrected chi connectivity index (χ1v) is 39.4. The van der Waals surface area contributed by atoms with Crippen molar-refractivity contribution < 1.29 is 640 Å². The average molecular weight is 2210 g/mol. The van der Waals surface area contributed by atoms with Crippen LogP contribution in [0.25, 0.3) is 102 Å². The number of benzene rings is 9. The normalized spacial score (nSPS) is 12.1. The minimum absolute atomic E-state index is 0. The Balaban J connectivity index is 0.00000105. The largest absolute Gasteiger partial charge is 1.00 e. The van der Waals surface area contributed by atoms with Gasteiger partial charge in [-0.2, -0.15) is 0 Å². The molecule has 3 aromatic heterocycles. The fourth-order valence-corrected chi connectivity index (χ4v) is 11.5. The minimum Gasteiger partial charge on any atom is -0.546 e. The summed E-state index contributed by atoms with van der Waals surface area (Å²) in [6.45, 7) is 11.1. The van der Waals surface area contributed by atoms with E-state index in [1.54, 1.807) is 0 Å². The molecule has 54 heteroatoms. The smallest absolute Gasteiger partial charge is 0.546 e. The van der Waals surface area contributed by atoms with Crippen molar-refractivity contribution in [1.82, 2.24) is 44.9 Å². The number of aromatic hydroxyl groups is 9. The zero-order valence-electron chi connectivity index (χ0n) is 80.4. The van der Waals surface area contributed by atoms with Crippen molar-refractivity contribution in [3.8, 4) is 206 Å². The molecule has 144 heavy (non-hydrogen) atoms. The summed E-state index contributed by atoms with van der Waals surface area (Å²) >= 11 is 0. The van der Waals surface area contributed by atoms with Crippen molar-refractivity contribution in [2.75, 3.05) is 0 Å². The summed E-state index contributed by atoms with van der Waals surface area (Å²) in [6.07, 6.45) is -12.2. The molecule has 0 saturated heterocycles. The van der Waals surface area contributed by atoms with Gasteiger partial charge in [0.1, 0.15) is 158 Å². The number of rotatable bonds is 36. The van der Waals surface area contributed by atoms with Crippen LogP contribution in [0.15, 0.2) is 164 Å². The van der Waals surface area contributed by atoms with Crippen LogP contribution < -0.4 is 551 Å². The minimum atomic E-state index is -1.59. The number of carbonyl (C=O) groups excluding carboxylic acids is 9. The maximum absolute atomic E-state index is 11.6. The third-order valence-corrected chi connectivity index (χ3v) is 18.6. The Bertz CT molecular complexity index is 6210. The number of hydrogen-bond acceptors (Lipinski definition) is 45. The van der Waals surface area contributed by atoms with Crippen LogP contribution in [-0.4, -0.2) is 199 Å². The van der Waals surface area contributed by atoms with Gasteiger partial charge in [-0.1, -0.05) is 0 Å². The number of nitrogens with zero attached hydrogens (tertiary/aromatic N) is 9. The molecule has 0 aliphatic carbocycles. The summed E-state index contributed by atoms with van der Waals surface area (Å²) in [5, 5.41) is 196. The summed E-state index contributed by atoms with van der Waals surface area (Å²) in [5.41, 5.74) is 0.261. The van der Waals surface area contributed by atoms with E-state index in [9.17, 15) is 135 Å². The number of aromatic nitrogens is 9. The van der Waals surface area contributed by atoms with E-state index in [2.05, 4.69) is 44.9 Å². The average Bonchev–Trinajstić information content (AvgIpc) is 0.783. The molecule has 45 nitrogen and oxygen atoms in total. The van der Waals surface area contributed by atoms with Crippen molar-refractivity contribution in [2.45, 2.75) is 117 Å². The molecule has 0 aliphatic heterocycles. The number of carboxylic acids is 9. The summed E-state index contributed by atoms with van der Waals surface area (Å²) in [4.78, 5) is 139. The number of carbonyl (C=O) groups is 9. The number of carboxylic acid groups (broad SMARTS) is 9. The van der Waals surface area contributed by atoms with Gasteiger partial charge in [-0.25, -0.2) is 44.9 Å². The molecule has 0 aliphatic rings. The second kappa shape index (κ2) is 64.5. The molecule has 9 atom stereocenters. The SMILES string of the molecule is CC(Oc1ccc(-c2nc(-c3ccc(O)cc3O)nc(-c3ccc(OC(C)C(=O)[O-])cc3O)n2)c(O)c1)C(=O)[O-].CC(Oc1ccc(-c2nc(-c3ccc(OC(C)C(=O)[O-])cc3O)nc(-c3ccc(OC(C)C(=O)[O-])cc3O)n2)c(O)c1)C(=O)[O-].CC(Oc1ccc(-c2nc(-c3ccc(OC(C)C(=O)[O-])cc3O)nc(-c3ccc(OC(C)C(=O)[O-])cc3OC(C)C(=O)[O-])n2)c(O)c1)C(=O)[O-].[K+].[K+].[K+].[K+].[K+].[K+].[K+].[K+].[K+]. The molecule has 3 heterocycles. The molecule has 702 valence electrons. The standard InChI is InChI=1S/C33H31N3O14.C30H27N3O12.C27H23N3O10.9K/c1-14(30(39)40)47-18-5-8-21(24(37)11-18)27-34-28(22-9-6-19(12-25(22)38)48-15(2)31(41)42)36-29(35-27)23-10-7-20(49-16(3)32(43)44)13-26(23)50-17(4)33(45)46;1-13(28(37)38)43-16-4-7-19(22(34)10-16)25-31-26(20-8-5-17(11-23(20)35)44-14(2)29(39)40)33-27(32-25)21-9-6-18(12-24(21)36)45-15(3)30(41)42;1-12(26(35)36)39-15-4-7-18(21(33)10-15)24-28-23(17-6-3-14(31)9-20(17)32)29-25(30-24)19-8-5-16(11-22(19)34)40-13(2)27(37)38;;;;;;;;;/h5-17,37-38H,1-4H3,(H,39,40)(H,41,42)(H,43,44)(H,45,46);4-15,34-36H,1-3H3,(H,37,38)(H,39,40)(H,41,42);3-13,31-34H,1-2H3,(H,35,36)(H,37,38);;;;;;;;;/q;;;9*+1/p-9. The van der Waals surface area contributed by atoms with Gasteiger partial charge < -0.3 is 178 Å². The molecule has 0 amide bonds. The molecule has 9 aromatic carbocycles. The van der Waals surface area contributed by atoms with E-state index in [-0.39, 0.29) is 640 Å². The van der Waals surface area contributed by atoms with E-state index in [4.69, 9.17) is 42.6 Å². The van der Waals surface area contributed by atoms with Crippen LogP contribution in [-0.2, 0) is 43.2 Å². The van der Waals surface area contributed by atoms with Gasteiger partial charge in [0.25, 0.3) is 0 Å². The van der Waals surface area contributed by atoms with Crippen molar-refractivity contribution in [3.63, 3.8) is 0 Å². The second-order valence-corrected chi connectivity index (χ2v) is 28.7. The summed E-state index contributed by atoms with van der Waals surface area (Å²) in [6, 6.07) is 34.2. The van der Waals surface area contributed by atoms with Crippen molar-refractivity contribution in [1.29, 1.82) is 0 Å². The summed E-state index contributed by atoms with van der Waals surface area (Å²) in [7, 11) is 0. The Morgan fingerprint density at radius 3 is 0.458 bits per heavy atom. The Morgan fingerprint density at radius 1 is 0.188 bits per heavy atom. The van der Waals surface area contributed by atoms with E-state index in [0.29, 0.717) is 0 Å². The van der Waals surface area contributed by atoms with E-state index in [0.717, 1.165) is 48.5 Å². The number of phenolic OH excluding ortho intramolecular Hbond substituents is 9. The second-order valence-electron chi connectivity index (χ2n) is 28.7. The molecule has 12 aromatic rings. The van der Waals surface area contributed by atoms with Gasteiger partial charge >= 0.3 is 462 Å². The van der Waals surface area contributed by atoms with Gasteiger partial charge in [0.2, 0.25) is 0 Å². The molecule has 9 unspecified atom stereocenters. The number of ether oxygens (including phenoxy) is 9. The van der Waals surface area contributed by atoms with Gasteiger partial charge in [-0.05, 0) is 172 Å². The molecule has 0 fully saturated rings. The Morgan fingerprint density at radius 2 is 0.312 bits per heavy atom. The first-order valence-electron chi connectivity index (χ1n) is 39.4. The molecule has 9 N–H and O–H groups in total. The van der Waals surface area contributed by atoms with Crippen LogP contribution >= 0.6 is 0 Å². The quantitative estimate of drug-likeness (QED) is 0.0165. The van der Waals surface area contributed by atoms with Crippen LogP contribution in [0.2, 0.25) is 0 Å². The molecular formula is C90H72K9N9O36. The zero-order chi connectivity index (χ0) is 99.0. The summed E-state index contributed by atoms with van der Waals surface area (Å²) in [5.74, 6) is -18.6. The molecule has 12 rings (SSSR count). The maximum Gasteiger partial charge on any atom is 1.00 e. The van der Waals surface area contributed by atoms with Crippen molar-refractivity contribution in [2.24, 2.45) is 0 Å². The monoisotopic (exact) mass is 2210 g/mol. The first kappa shape index (κ1) is 138. The number of phenols is 9. The predicted octanol–water partition coefficient (Wildman–Crippen LogP) is -28.3. The molecule has 0 spiro atoms. The van der Waals surface area contributed by atoms with E-state index < -0.39 is 137 Å². The van der Waals surface area contributed by atoms with Crippen LogP contribution in [0.1, 0.15) is 62.3 Å². The first-order chi connectivity index (χ1) is 63.7. The van der Waals surface area contributed by atoms with Gasteiger partial charge in [-0.3, -0.25) is 0 Å². The van der Waals surface area contributed by atoms with E-state index in [1.807, 2.05) is 0 Å². The fourth-order valence-electron chi connectivity index (χ4n) is 11.5. The van der Waals surface area contributed by atoms with Crippen molar-refractivity contribution >= 4 is 53.7 Å². The number of hydrogen-bond donors (Lipinski definition) is 9. The fraction of sp³-hybridized carbons (Fsp3) is 0.200. The van der Waals surface area contributed by atoms with Crippen LogP contribution in [0.5, 0.6) is 103 Å². The van der Waals surface area contributed by atoms with Crippen molar-refractivity contribution in [3.05, 3.63) is 164 Å². The van der Waals surface area contributed by atoms with Crippen LogP contribution in [0, 0.1) is 0 Å². The Kier molecular flexibility index (Phi) is 62.0. The Hall–Kier alpha value is -3.63. The van der Waals surface area contributed by atoms with Crippen LogP contribution in [0.3, 0.4) is 0 Å². The molecule has 0 saturated carbocycles. The zero-order valence-corrected chi connectivity index (χ0v) is 108. The predicted molar refractivity (Wildman–Crippen MR) is 439 cm³/mol. The topological polar surface area (TPSA) is 742 Å². The number of aliphatic carboxylic acids is 9. The maximum atomic E-state index is 11.6. The van der Waals surface area contributed by atoms with E-state index in [1.165, 1.54) is 178 Å². The van der Waals surface area contributed by atoms with Crippen LogP contribution in [0.4, 0.5) is 0 Å². The van der Waals surface area contributed by atoms with E-state index >= 15 is 0 Å². The molecule has 0 radical (unpaired) electrons. The third kappa shape index (κ3) is 39.4. The Labute approximate surface area is 1200 Å². The van der Waals surface area contributed by atoms with Gasteiger partial charge in [-0.15, -0.1) is 0 Å². The molecular weight excluding hydrogens is 2130 g/mol. The summed E-state index contributed by atoms with van der Waals surface area (Å²) < 4.78 is 47.5. The van der Waals surface area contributed by atoms with Gasteiger partial charge in [0.05, 0.1) is 104 Å². The molecule has 0 bridgehead atoms. The van der Waals surface area contributed by atoms with Gasteiger partial charge in [0.15, 0.2) is 52.4 Å². The third-order valence-electron chi connectivity index (χ3n) is 18.6. The van der Waals surface area contributed by atoms with Gasteiger partial charge in [0, 0.05) is 54.6 Å².